The van der Waals surface area contributed by atoms with Crippen molar-refractivity contribution >= 4 is 67.3 Å². The summed E-state index contributed by atoms with van der Waals surface area (Å²) >= 11 is 21.5. The van der Waals surface area contributed by atoms with Crippen molar-refractivity contribution in [2.45, 2.75) is 310 Å². The van der Waals surface area contributed by atoms with Crippen LogP contribution in [0, 0.1) is 34.6 Å². The van der Waals surface area contributed by atoms with Crippen LogP contribution in [0.3, 0.4) is 0 Å². The number of aromatic hydroxyl groups is 1. The lowest BCUT2D eigenvalue weighted by molar-refractivity contribution is 0.275. The number of halogens is 4. The Morgan fingerprint density at radius 3 is 0.699 bits per heavy atom. The van der Waals surface area contributed by atoms with Crippen LogP contribution in [0.1, 0.15) is 305 Å². The van der Waals surface area contributed by atoms with Gasteiger partial charge in [-0.3, -0.25) is 4.52 Å². The summed E-state index contributed by atoms with van der Waals surface area (Å²) in [6, 6.07) is 22.3. The summed E-state index contributed by atoms with van der Waals surface area (Å²) in [6.07, 6.45) is 0. The monoisotopic (exact) mass is 1420 g/mol. The molecule has 0 heterocycles. The van der Waals surface area contributed by atoms with Crippen LogP contribution in [0.5, 0.6) is 28.7 Å². The van der Waals surface area contributed by atoms with Gasteiger partial charge in [0, 0.05) is 28.9 Å². The molecule has 0 amide bonds. The second-order valence-electron chi connectivity index (χ2n) is 35.1. The van der Waals surface area contributed by atoms with Gasteiger partial charge in [0.15, 0.2) is 0 Å². The highest BCUT2D eigenvalue weighted by atomic mass is 36.0. The number of aliphatic hydroxyl groups excluding tert-OH is 1. The van der Waals surface area contributed by atoms with Gasteiger partial charge in [-0.25, -0.2) is 0 Å². The Morgan fingerprint density at radius 2 is 0.516 bits per heavy atom. The zero-order chi connectivity index (χ0) is 73.3. The fourth-order valence-electron chi connectivity index (χ4n) is 9.81. The van der Waals surface area contributed by atoms with Crippen LogP contribution in [0.2, 0.25) is 0 Å². The molecule has 0 spiro atoms. The first kappa shape index (κ1) is 88.5. The molecule has 0 saturated heterocycles. The van der Waals surface area contributed by atoms with Crippen molar-refractivity contribution in [3.8, 4) is 28.7 Å². The van der Waals surface area contributed by atoms with Crippen LogP contribution in [0.25, 0.3) is 0 Å². The number of rotatable bonds is 10. The minimum absolute atomic E-state index is 0.0178. The van der Waals surface area contributed by atoms with Crippen LogP contribution < -0.4 is 18.1 Å². The average molecular weight is 1420 g/mol. The zero-order valence-corrected chi connectivity index (χ0v) is 70.8. The molecule has 0 aliphatic carbocycles. The minimum atomic E-state index is -1.70. The van der Waals surface area contributed by atoms with Gasteiger partial charge in [-0.05, 0) is 175 Å². The van der Waals surface area contributed by atoms with Crippen molar-refractivity contribution in [3.63, 3.8) is 0 Å². The Hall–Kier alpha value is -2.53. The van der Waals surface area contributed by atoms with Gasteiger partial charge in [0.2, 0.25) is 0 Å². The number of aliphatic hydroxyl groups is 1. The van der Waals surface area contributed by atoms with E-state index < -0.39 is 22.3 Å². The highest BCUT2D eigenvalue weighted by Crippen LogP contribution is 2.54. The summed E-state index contributed by atoms with van der Waals surface area (Å²) in [5.74, 6) is 2.40. The van der Waals surface area contributed by atoms with Gasteiger partial charge in [-0.1, -0.05) is 268 Å². The van der Waals surface area contributed by atoms with Crippen LogP contribution in [-0.4, -0.2) is 23.4 Å². The molecule has 528 valence electrons. The second-order valence-corrected chi connectivity index (χ2v) is 43.4. The molecule has 7 nitrogen and oxygen atoms in total. The Kier molecular flexibility index (Phi) is 32.4. The van der Waals surface area contributed by atoms with Gasteiger partial charge < -0.3 is 28.3 Å². The van der Waals surface area contributed by atoms with Crippen LogP contribution in [-0.2, 0) is 58.7 Å². The summed E-state index contributed by atoms with van der Waals surface area (Å²) in [6.45, 7) is 81.5. The van der Waals surface area contributed by atoms with E-state index in [4.69, 9.17) is 72.7 Å². The maximum Gasteiger partial charge on any atom is 0.463 e. The Labute approximate surface area is 592 Å². The normalized spacial score (nSPS) is 12.9. The predicted octanol–water partition coefficient (Wildman–Crippen LogP) is 27.6. The van der Waals surface area contributed by atoms with Crippen molar-refractivity contribution < 1.29 is 32.8 Å². The van der Waals surface area contributed by atoms with Crippen molar-refractivity contribution in [1.29, 1.82) is 0 Å². The molecule has 0 aromatic heterocycles. The fourth-order valence-corrected chi connectivity index (χ4v) is 12.2. The quantitative estimate of drug-likeness (QED) is 0.135. The topological polar surface area (TPSA) is 86.6 Å². The van der Waals surface area contributed by atoms with Crippen LogP contribution in [0.4, 0.5) is 0 Å². The van der Waals surface area contributed by atoms with E-state index in [0.29, 0.717) is 12.4 Å². The number of benzene rings is 5. The maximum absolute atomic E-state index is 10.1. The third kappa shape index (κ3) is 28.0. The smallest absolute Gasteiger partial charge is 0.463 e. The average Bonchev–Trinajstić information content (AvgIpc) is 0.808. The molecule has 5 aromatic carbocycles. The summed E-state index contributed by atoms with van der Waals surface area (Å²) in [5.41, 5.74) is 17.5. The highest BCUT2D eigenvalue weighted by Gasteiger charge is 2.34. The van der Waals surface area contributed by atoms with Crippen molar-refractivity contribution in [2.24, 2.45) is 0 Å². The zero-order valence-electron chi connectivity index (χ0n) is 65.0. The van der Waals surface area contributed by atoms with E-state index in [1.54, 1.807) is 6.92 Å². The maximum atomic E-state index is 10.1. The van der Waals surface area contributed by atoms with E-state index in [1.165, 1.54) is 38.9 Å². The molecule has 93 heavy (non-hydrogen) atoms. The van der Waals surface area contributed by atoms with E-state index in [1.807, 2.05) is 13.8 Å². The van der Waals surface area contributed by atoms with Crippen molar-refractivity contribution in [3.05, 3.63) is 144 Å². The molecule has 5 rings (SSSR count). The van der Waals surface area contributed by atoms with Gasteiger partial charge >= 0.3 is 16.3 Å². The van der Waals surface area contributed by atoms with E-state index in [9.17, 15) is 5.11 Å². The Balaban J connectivity index is 0.000000700. The molecule has 0 radical (unpaired) electrons. The Bertz CT molecular complexity index is 3040. The first-order valence-corrected chi connectivity index (χ1v) is 40.7. The molecule has 0 aliphatic heterocycles. The SMILES string of the molecule is CCO.CCOP(Oc1c(C)cc(C(C)(C)C)cc1C(C)(C)C)Oc1c(C)cc(C(C)(C)C)cc1C(C)(C)C.Cc1cc(C(C)(C)C)cc(C(C)(C)C)c1O.Cc1cc(C(C)(C)C)cc(C(C)(C)C)c1OP(Cl)Oc1c(C)cc(C(C)(C)C)cc1C(C)(C)C.Cl[PH+](Cl)Cl. The molecule has 0 fully saturated rings. The lowest BCUT2D eigenvalue weighted by atomic mass is 9.79. The van der Waals surface area contributed by atoms with Crippen LogP contribution >= 0.6 is 67.3 Å². The van der Waals surface area contributed by atoms with Crippen molar-refractivity contribution in [1.82, 2.24) is 0 Å². The summed E-state index contributed by atoms with van der Waals surface area (Å²) in [4.78, 5) is 0. The lowest BCUT2D eigenvalue weighted by Crippen LogP contribution is -2.19. The molecule has 2 N–H and O–H groups in total. The molecule has 0 aliphatic rings. The second kappa shape index (κ2) is 34.0. The fraction of sp³-hybridized carbons (Fsp3) is 0.620. The molecule has 0 saturated carbocycles. The molecule has 0 bridgehead atoms. The number of hydrogen-bond donors (Lipinski definition) is 2. The van der Waals surface area contributed by atoms with E-state index in [2.05, 4.69) is 296 Å². The van der Waals surface area contributed by atoms with Crippen molar-refractivity contribution in [2.75, 3.05) is 13.2 Å². The lowest BCUT2D eigenvalue weighted by Gasteiger charge is -2.31. The van der Waals surface area contributed by atoms with E-state index in [0.717, 1.165) is 67.5 Å². The highest BCUT2D eigenvalue weighted by molar-refractivity contribution is 8.20. The molecule has 0 unspecified atom stereocenters. The molecule has 14 heteroatoms. The largest absolute Gasteiger partial charge is 0.507 e. The number of hydrogen-bond acceptors (Lipinski definition) is 7. The summed E-state index contributed by atoms with van der Waals surface area (Å²) in [5, 5.41) is 17.7. The standard InChI is InChI=1S/C32H51O3P.C30H46ClO2P.C15H24O.C2H6O.Cl3P/c1-16-33-36(34-27-21(2)17-23(29(4,5)6)19-25(27)31(10,11)12)35-28-22(3)18-24(30(7,8)9)20-26(28)32(13,14)15;1-19-15-21(27(3,4)5)17-23(29(9,10)11)25(19)32-34(31)33-26-20(2)16-22(28(6,7)8)18-24(26)30(12,13)14;1-10-8-11(14(2,3)4)9-12(13(10)16)15(5,6)7;1-2-3;1-4(2)3/h17-20H,16H2,1-15H3;15-18H,1-14H3;8-9,16H,1-7H3;3H,2H2,1H3;/p+1. The minimum Gasteiger partial charge on any atom is -0.507 e. The molecule has 5 aromatic rings. The number of phenols is 1. The number of aryl methyl sites for hydroxylation is 5. The van der Waals surface area contributed by atoms with E-state index >= 15 is 0 Å². The molecular weight excluding hydrogens is 1300 g/mol. The third-order valence-corrected chi connectivity index (χ3v) is 17.9. The van der Waals surface area contributed by atoms with Gasteiger partial charge in [0.25, 0.3) is 5.98 Å². The van der Waals surface area contributed by atoms with Crippen LogP contribution in [0.15, 0.2) is 60.7 Å². The predicted molar refractivity (Wildman–Crippen MR) is 417 cm³/mol. The molecular formula is C79H128Cl4O7P3+. The number of phenolic OH excluding ortho intramolecular Hbond substituents is 1. The Morgan fingerprint density at radius 1 is 0.333 bits per heavy atom. The first-order valence-electron chi connectivity index (χ1n) is 33.0. The molecule has 0 atom stereocenters. The third-order valence-electron chi connectivity index (χ3n) is 15.7. The summed E-state index contributed by atoms with van der Waals surface area (Å²) in [7, 11) is -3.34. The van der Waals surface area contributed by atoms with Gasteiger partial charge in [-0.2, -0.15) is 0 Å². The van der Waals surface area contributed by atoms with E-state index in [-0.39, 0.29) is 60.8 Å². The van der Waals surface area contributed by atoms with Gasteiger partial charge in [0.1, 0.15) is 62.5 Å². The van der Waals surface area contributed by atoms with Gasteiger partial charge in [0.05, 0.1) is 6.61 Å². The van der Waals surface area contributed by atoms with Gasteiger partial charge in [-0.15, -0.1) is 0 Å². The first-order chi connectivity index (χ1) is 41.5. The summed E-state index contributed by atoms with van der Waals surface area (Å²) < 4.78 is 32.2.